The number of carbonyl (C=O) groups is 5. The van der Waals surface area contributed by atoms with E-state index >= 15 is 4.39 Å². The van der Waals surface area contributed by atoms with Crippen molar-refractivity contribution in [2.45, 2.75) is 50.6 Å². The van der Waals surface area contributed by atoms with E-state index in [-0.39, 0.29) is 35.1 Å². The van der Waals surface area contributed by atoms with Crippen molar-refractivity contribution >= 4 is 41.2 Å². The maximum atomic E-state index is 15.3. The number of primary amides is 1. The van der Waals surface area contributed by atoms with Gasteiger partial charge in [0, 0.05) is 56.5 Å². The standard InChI is InChI=1S/C30H33FN8O5/c31-21-11-19-20(28(44)39(27(19)43)22-1-2-24(40)35-26(22)42)12-23(21)37-7-3-18(4-8-37)36-9-5-30(6-10-36)15-38(16-30)29-33-13-17(14-34-29)25(32)41/h11-14,18,22H,1-10,15-16H2,(H2,32,41)(H,35,40,42). The molecule has 3 N–H and O–H groups in total. The Labute approximate surface area is 252 Å². The smallest absolute Gasteiger partial charge is 0.262 e. The van der Waals surface area contributed by atoms with Gasteiger partial charge in [-0.1, -0.05) is 0 Å². The molecule has 0 saturated carbocycles. The summed E-state index contributed by atoms with van der Waals surface area (Å²) in [6, 6.07) is 1.84. The molecule has 230 valence electrons. The summed E-state index contributed by atoms with van der Waals surface area (Å²) in [6.45, 7) is 4.98. The van der Waals surface area contributed by atoms with Gasteiger partial charge < -0.3 is 20.4 Å². The van der Waals surface area contributed by atoms with Crippen LogP contribution in [0.3, 0.4) is 0 Å². The number of piperidine rings is 3. The molecule has 0 aliphatic carbocycles. The van der Waals surface area contributed by atoms with Crippen LogP contribution in [0.1, 0.15) is 69.6 Å². The van der Waals surface area contributed by atoms with Crippen molar-refractivity contribution in [1.82, 2.24) is 25.1 Å². The molecule has 1 aromatic carbocycles. The van der Waals surface area contributed by atoms with Crippen LogP contribution < -0.4 is 20.9 Å². The lowest BCUT2D eigenvalue weighted by molar-refractivity contribution is -0.136. The number of hydrogen-bond acceptors (Lipinski definition) is 10. The van der Waals surface area contributed by atoms with Crippen LogP contribution in [-0.2, 0) is 9.59 Å². The number of benzene rings is 1. The van der Waals surface area contributed by atoms with Gasteiger partial charge in [0.2, 0.25) is 17.8 Å². The Balaban J connectivity index is 0.940. The van der Waals surface area contributed by atoms with Crippen molar-refractivity contribution < 1.29 is 28.4 Å². The summed E-state index contributed by atoms with van der Waals surface area (Å²) in [4.78, 5) is 77.4. The molecule has 5 amide bonds. The maximum Gasteiger partial charge on any atom is 0.262 e. The van der Waals surface area contributed by atoms with Gasteiger partial charge >= 0.3 is 0 Å². The molecule has 0 bridgehead atoms. The summed E-state index contributed by atoms with van der Waals surface area (Å²) in [5.41, 5.74) is 6.13. The lowest BCUT2D eigenvalue weighted by atomic mass is 9.71. The van der Waals surface area contributed by atoms with Gasteiger partial charge in [-0.3, -0.25) is 34.2 Å². The normalized spacial score (nSPS) is 24.0. The molecule has 1 spiro atoms. The monoisotopic (exact) mass is 604 g/mol. The number of nitrogens with two attached hydrogens (primary N) is 1. The second-order valence-corrected chi connectivity index (χ2v) is 12.5. The first-order chi connectivity index (χ1) is 21.1. The summed E-state index contributed by atoms with van der Waals surface area (Å²) in [5, 5.41) is 2.17. The third kappa shape index (κ3) is 4.77. The van der Waals surface area contributed by atoms with Crippen molar-refractivity contribution in [2.24, 2.45) is 11.1 Å². The zero-order valence-electron chi connectivity index (χ0n) is 24.1. The molecule has 0 radical (unpaired) electrons. The predicted octanol–water partition coefficient (Wildman–Crippen LogP) is 0.687. The Hall–Kier alpha value is -4.46. The van der Waals surface area contributed by atoms with E-state index in [1.165, 1.54) is 18.5 Å². The molecular formula is C30H33FN8O5. The highest BCUT2D eigenvalue weighted by Gasteiger charge is 2.47. The van der Waals surface area contributed by atoms with Crippen LogP contribution in [0.2, 0.25) is 0 Å². The number of nitrogens with zero attached hydrogens (tertiary/aromatic N) is 6. The van der Waals surface area contributed by atoms with Crippen LogP contribution in [0, 0.1) is 11.2 Å². The topological polar surface area (TPSA) is 162 Å². The Bertz CT molecular complexity index is 1560. The molecule has 44 heavy (non-hydrogen) atoms. The van der Waals surface area contributed by atoms with Gasteiger partial charge in [-0.2, -0.15) is 0 Å². The average molecular weight is 605 g/mol. The number of anilines is 2. The number of carbonyl (C=O) groups excluding carboxylic acids is 5. The van der Waals surface area contributed by atoms with E-state index in [9.17, 15) is 24.0 Å². The molecule has 4 fully saturated rings. The van der Waals surface area contributed by atoms with Gasteiger partial charge in [-0.25, -0.2) is 14.4 Å². The molecule has 6 heterocycles. The highest BCUT2D eigenvalue weighted by Crippen LogP contribution is 2.43. The van der Waals surface area contributed by atoms with E-state index in [1.807, 2.05) is 4.90 Å². The van der Waals surface area contributed by atoms with Crippen molar-refractivity contribution in [3.8, 4) is 0 Å². The predicted molar refractivity (Wildman–Crippen MR) is 154 cm³/mol. The summed E-state index contributed by atoms with van der Waals surface area (Å²) in [5.74, 6) is -2.99. The first-order valence-corrected chi connectivity index (χ1v) is 15.0. The number of rotatable bonds is 5. The van der Waals surface area contributed by atoms with E-state index in [4.69, 9.17) is 5.73 Å². The first kappa shape index (κ1) is 28.3. The van der Waals surface area contributed by atoms with Crippen molar-refractivity contribution in [2.75, 3.05) is 49.1 Å². The number of fused-ring (bicyclic) bond motifs is 1. The van der Waals surface area contributed by atoms with Crippen LogP contribution in [0.4, 0.5) is 16.0 Å². The molecular weight excluding hydrogens is 571 g/mol. The second-order valence-electron chi connectivity index (χ2n) is 12.5. The minimum Gasteiger partial charge on any atom is -0.369 e. The fourth-order valence-electron chi connectivity index (χ4n) is 7.39. The van der Waals surface area contributed by atoms with Gasteiger partial charge in [0.25, 0.3) is 17.7 Å². The summed E-state index contributed by atoms with van der Waals surface area (Å²) in [7, 11) is 0. The first-order valence-electron chi connectivity index (χ1n) is 15.0. The Morgan fingerprint density at radius 1 is 0.909 bits per heavy atom. The molecule has 5 aliphatic heterocycles. The largest absolute Gasteiger partial charge is 0.369 e. The molecule has 5 aliphatic rings. The molecule has 1 atom stereocenters. The van der Waals surface area contributed by atoms with Crippen LogP contribution in [-0.4, -0.2) is 101 Å². The van der Waals surface area contributed by atoms with Gasteiger partial charge in [0.15, 0.2) is 0 Å². The quantitative estimate of drug-likeness (QED) is 0.465. The number of hydrogen-bond donors (Lipinski definition) is 2. The molecule has 2 aromatic rings. The maximum absolute atomic E-state index is 15.3. The van der Waals surface area contributed by atoms with E-state index in [2.05, 4.69) is 25.1 Å². The number of nitrogens with one attached hydrogen (secondary N) is 1. The number of aromatic nitrogens is 2. The van der Waals surface area contributed by atoms with E-state index < -0.39 is 41.4 Å². The second kappa shape index (κ2) is 10.6. The van der Waals surface area contributed by atoms with E-state index in [0.717, 1.165) is 62.8 Å². The van der Waals surface area contributed by atoms with E-state index in [1.54, 1.807) is 0 Å². The Kier molecular flexibility index (Phi) is 6.83. The molecule has 1 unspecified atom stereocenters. The molecule has 13 nitrogen and oxygen atoms in total. The zero-order chi connectivity index (χ0) is 30.7. The molecule has 7 rings (SSSR count). The van der Waals surface area contributed by atoms with Crippen LogP contribution in [0.5, 0.6) is 0 Å². The highest BCUT2D eigenvalue weighted by atomic mass is 19.1. The minimum absolute atomic E-state index is 0.0256. The van der Waals surface area contributed by atoms with Gasteiger partial charge in [-0.15, -0.1) is 0 Å². The minimum atomic E-state index is -1.09. The number of halogens is 1. The Morgan fingerprint density at radius 3 is 2.16 bits per heavy atom. The summed E-state index contributed by atoms with van der Waals surface area (Å²) >= 11 is 0. The average Bonchev–Trinajstić information content (AvgIpc) is 3.24. The fourth-order valence-corrected chi connectivity index (χ4v) is 7.39. The fraction of sp³-hybridized carbons (Fsp3) is 0.500. The van der Waals surface area contributed by atoms with Crippen molar-refractivity contribution in [3.63, 3.8) is 0 Å². The number of likely N-dealkylation sites (tertiary alicyclic amines) is 1. The van der Waals surface area contributed by atoms with Crippen molar-refractivity contribution in [1.29, 1.82) is 0 Å². The summed E-state index contributed by atoms with van der Waals surface area (Å²) in [6.07, 6.45) is 6.85. The lowest BCUT2D eigenvalue weighted by Gasteiger charge is -2.55. The summed E-state index contributed by atoms with van der Waals surface area (Å²) < 4.78 is 15.3. The van der Waals surface area contributed by atoms with Gasteiger partial charge in [0.1, 0.15) is 11.9 Å². The molecule has 14 heteroatoms. The zero-order valence-corrected chi connectivity index (χ0v) is 24.1. The van der Waals surface area contributed by atoms with Crippen LogP contribution in [0.25, 0.3) is 0 Å². The number of amides is 5. The lowest BCUT2D eigenvalue weighted by Crippen LogP contribution is -2.62. The molecule has 1 aromatic heterocycles. The Morgan fingerprint density at radius 2 is 1.55 bits per heavy atom. The van der Waals surface area contributed by atoms with Crippen molar-refractivity contribution in [3.05, 3.63) is 47.0 Å². The third-order valence-electron chi connectivity index (χ3n) is 9.95. The van der Waals surface area contributed by atoms with E-state index in [0.29, 0.717) is 30.6 Å². The van der Waals surface area contributed by atoms with Gasteiger partial charge in [-0.05, 0) is 57.3 Å². The van der Waals surface area contributed by atoms with Crippen LogP contribution in [0.15, 0.2) is 24.5 Å². The highest BCUT2D eigenvalue weighted by molar-refractivity contribution is 6.23. The third-order valence-corrected chi connectivity index (χ3v) is 9.95. The SMILES string of the molecule is NC(=O)c1cnc(N2CC3(CCN(C4CCN(c5cc6c(cc5F)C(=O)N(C5CCC(=O)NC5=O)C6=O)CC4)CC3)C2)nc1. The molecule has 4 saturated heterocycles. The van der Waals surface area contributed by atoms with Gasteiger partial charge in [0.05, 0.1) is 22.4 Å². The van der Waals surface area contributed by atoms with Crippen LogP contribution >= 0.6 is 0 Å². The number of imide groups is 2.